The quantitative estimate of drug-likeness (QED) is 0.280. The van der Waals surface area contributed by atoms with Crippen LogP contribution < -0.4 is 5.32 Å². The molecule has 35 heavy (non-hydrogen) atoms. The van der Waals surface area contributed by atoms with Crippen LogP contribution >= 0.6 is 11.8 Å². The molecule has 184 valence electrons. The van der Waals surface area contributed by atoms with E-state index in [1.54, 1.807) is 36.3 Å². The molecule has 1 N–H and O–H groups in total. The third-order valence-corrected chi connectivity index (χ3v) is 7.23. The molecule has 1 aliphatic rings. The molecule has 1 unspecified atom stereocenters. The molecular formula is C23H24F3N7OS. The molecule has 0 saturated heterocycles. The Balaban J connectivity index is 1.16. The SMILES string of the molecule is Cc1cnc(-c2nnc(SCCCC3CCc4c(ccc5oc(C(F)(F)F)nc45)NC3)n2C)cn1. The number of nitrogens with zero attached hydrogens (tertiary/aromatic N) is 6. The lowest BCUT2D eigenvalue weighted by atomic mass is 9.96. The van der Waals surface area contributed by atoms with Crippen LogP contribution in [0.2, 0.25) is 0 Å². The molecule has 0 aliphatic carbocycles. The summed E-state index contributed by atoms with van der Waals surface area (Å²) in [7, 11) is 1.92. The summed E-state index contributed by atoms with van der Waals surface area (Å²) in [6.45, 7) is 2.66. The van der Waals surface area contributed by atoms with E-state index in [0.29, 0.717) is 29.4 Å². The number of oxazole rings is 1. The van der Waals surface area contributed by atoms with Gasteiger partial charge in [0, 0.05) is 36.8 Å². The smallest absolute Gasteiger partial charge is 0.433 e. The number of fused-ring (bicyclic) bond motifs is 3. The molecule has 4 aromatic rings. The first kappa shape index (κ1) is 23.6. The maximum Gasteiger partial charge on any atom is 0.468 e. The summed E-state index contributed by atoms with van der Waals surface area (Å²) in [5.41, 5.74) is 3.64. The van der Waals surface area contributed by atoms with Crippen LogP contribution in [0.4, 0.5) is 18.9 Å². The fourth-order valence-corrected chi connectivity index (χ4v) is 5.12. The molecule has 0 saturated carbocycles. The van der Waals surface area contributed by atoms with Crippen LogP contribution in [0.5, 0.6) is 0 Å². The van der Waals surface area contributed by atoms with E-state index in [-0.39, 0.29) is 5.58 Å². The first-order chi connectivity index (χ1) is 16.8. The van der Waals surface area contributed by atoms with E-state index < -0.39 is 12.1 Å². The topological polar surface area (TPSA) is 94.5 Å². The van der Waals surface area contributed by atoms with Crippen LogP contribution in [0.1, 0.15) is 36.4 Å². The normalized spacial score (nSPS) is 16.2. The van der Waals surface area contributed by atoms with Crippen molar-refractivity contribution >= 4 is 28.5 Å². The number of aromatic nitrogens is 6. The number of rotatable bonds is 6. The van der Waals surface area contributed by atoms with Gasteiger partial charge in [-0.2, -0.15) is 13.2 Å². The van der Waals surface area contributed by atoms with Crippen molar-refractivity contribution in [3.05, 3.63) is 41.7 Å². The fraction of sp³-hybridized carbons (Fsp3) is 0.435. The standard InChI is InChI=1S/C23H24F3N7OS/c1-13-10-28-17(12-27-13)20-31-32-22(33(20)2)35-9-3-4-14-5-6-15-16(29-11-14)7-8-18-19(15)30-21(34-18)23(24,25)26/h7-8,10,12,14,29H,3-6,9,11H2,1-2H3. The average Bonchev–Trinajstić information content (AvgIpc) is 3.36. The molecule has 0 spiro atoms. The molecule has 1 aromatic carbocycles. The predicted molar refractivity (Wildman–Crippen MR) is 126 cm³/mol. The molecule has 5 rings (SSSR count). The molecule has 1 aliphatic heterocycles. The Bertz CT molecular complexity index is 1330. The Morgan fingerprint density at radius 2 is 2.06 bits per heavy atom. The molecule has 8 nitrogen and oxygen atoms in total. The van der Waals surface area contributed by atoms with Gasteiger partial charge in [0.2, 0.25) is 0 Å². The zero-order valence-electron chi connectivity index (χ0n) is 19.3. The second kappa shape index (κ2) is 9.48. The Kier molecular flexibility index (Phi) is 6.39. The van der Waals surface area contributed by atoms with Crippen LogP contribution in [-0.2, 0) is 19.6 Å². The highest BCUT2D eigenvalue weighted by Crippen LogP contribution is 2.36. The van der Waals surface area contributed by atoms with E-state index >= 15 is 0 Å². The van der Waals surface area contributed by atoms with Crippen molar-refractivity contribution in [3.8, 4) is 11.5 Å². The Labute approximate surface area is 203 Å². The monoisotopic (exact) mass is 503 g/mol. The maximum atomic E-state index is 13.0. The van der Waals surface area contributed by atoms with Gasteiger partial charge >= 0.3 is 12.1 Å². The minimum atomic E-state index is -4.60. The second-order valence-electron chi connectivity index (χ2n) is 8.64. The first-order valence-corrected chi connectivity index (χ1v) is 12.3. The van der Waals surface area contributed by atoms with Crippen LogP contribution in [0.15, 0.2) is 34.1 Å². The van der Waals surface area contributed by atoms with E-state index in [2.05, 4.69) is 30.5 Å². The summed E-state index contributed by atoms with van der Waals surface area (Å²) >= 11 is 1.65. The zero-order valence-corrected chi connectivity index (χ0v) is 20.1. The number of hydrogen-bond donors (Lipinski definition) is 1. The van der Waals surface area contributed by atoms with E-state index in [0.717, 1.165) is 53.7 Å². The number of alkyl halides is 3. The number of thioether (sulfide) groups is 1. The van der Waals surface area contributed by atoms with Crippen LogP contribution in [0.25, 0.3) is 22.6 Å². The zero-order chi connectivity index (χ0) is 24.6. The number of nitrogens with one attached hydrogen (secondary N) is 1. The lowest BCUT2D eigenvalue weighted by Gasteiger charge is -2.14. The molecule has 3 aromatic heterocycles. The van der Waals surface area contributed by atoms with E-state index in [1.165, 1.54) is 0 Å². The van der Waals surface area contributed by atoms with Crippen molar-refractivity contribution in [2.24, 2.45) is 13.0 Å². The van der Waals surface area contributed by atoms with Crippen molar-refractivity contribution in [3.63, 3.8) is 0 Å². The van der Waals surface area contributed by atoms with Gasteiger partial charge in [0.15, 0.2) is 16.6 Å². The summed E-state index contributed by atoms with van der Waals surface area (Å²) in [6.07, 6.45) is 2.32. The third kappa shape index (κ3) is 4.97. The lowest BCUT2D eigenvalue weighted by molar-refractivity contribution is -0.156. The van der Waals surface area contributed by atoms with Crippen molar-refractivity contribution in [1.29, 1.82) is 0 Å². The third-order valence-electron chi connectivity index (χ3n) is 6.12. The summed E-state index contributed by atoms with van der Waals surface area (Å²) in [6, 6.07) is 3.34. The minimum Gasteiger partial charge on any atom is -0.433 e. The van der Waals surface area contributed by atoms with Gasteiger partial charge in [-0.05, 0) is 50.7 Å². The summed E-state index contributed by atoms with van der Waals surface area (Å²) < 4.78 is 46.0. The Morgan fingerprint density at radius 1 is 1.20 bits per heavy atom. The van der Waals surface area contributed by atoms with Gasteiger partial charge in [-0.3, -0.25) is 4.98 Å². The number of halogens is 3. The lowest BCUT2D eigenvalue weighted by Crippen LogP contribution is -2.12. The Morgan fingerprint density at radius 3 is 2.83 bits per heavy atom. The van der Waals surface area contributed by atoms with Gasteiger partial charge in [-0.1, -0.05) is 11.8 Å². The largest absolute Gasteiger partial charge is 0.468 e. The van der Waals surface area contributed by atoms with Gasteiger partial charge in [-0.25, -0.2) is 9.97 Å². The van der Waals surface area contributed by atoms with Gasteiger partial charge in [0.1, 0.15) is 11.2 Å². The van der Waals surface area contributed by atoms with Crippen LogP contribution in [0.3, 0.4) is 0 Å². The second-order valence-corrected chi connectivity index (χ2v) is 9.70. The van der Waals surface area contributed by atoms with Crippen molar-refractivity contribution in [1.82, 2.24) is 29.7 Å². The van der Waals surface area contributed by atoms with Crippen molar-refractivity contribution in [2.75, 3.05) is 17.6 Å². The van der Waals surface area contributed by atoms with Gasteiger partial charge in [0.25, 0.3) is 0 Å². The summed E-state index contributed by atoms with van der Waals surface area (Å²) in [5, 5.41) is 12.8. The molecule has 1 atom stereocenters. The van der Waals surface area contributed by atoms with E-state index in [9.17, 15) is 13.2 Å². The summed E-state index contributed by atoms with van der Waals surface area (Å²) in [5.74, 6) is 0.779. The number of benzene rings is 1. The molecule has 12 heteroatoms. The maximum absolute atomic E-state index is 13.0. The first-order valence-electron chi connectivity index (χ1n) is 11.3. The highest BCUT2D eigenvalue weighted by atomic mass is 32.2. The van der Waals surface area contributed by atoms with Crippen molar-refractivity contribution in [2.45, 2.75) is 43.9 Å². The average molecular weight is 504 g/mol. The number of aryl methyl sites for hydroxylation is 2. The van der Waals surface area contributed by atoms with Gasteiger partial charge < -0.3 is 14.3 Å². The Hall–Kier alpha value is -3.15. The van der Waals surface area contributed by atoms with Gasteiger partial charge in [0.05, 0.1) is 11.9 Å². The number of hydrogen-bond acceptors (Lipinski definition) is 8. The predicted octanol–water partition coefficient (Wildman–Crippen LogP) is 5.29. The highest BCUT2D eigenvalue weighted by Gasteiger charge is 2.38. The number of anilines is 1. The van der Waals surface area contributed by atoms with E-state index in [1.807, 2.05) is 18.5 Å². The van der Waals surface area contributed by atoms with E-state index in [4.69, 9.17) is 4.42 Å². The fourth-order valence-electron chi connectivity index (χ4n) is 4.25. The molecule has 0 amide bonds. The molecular weight excluding hydrogens is 479 g/mol. The molecule has 0 bridgehead atoms. The highest BCUT2D eigenvalue weighted by molar-refractivity contribution is 7.99. The van der Waals surface area contributed by atoms with Gasteiger partial charge in [-0.15, -0.1) is 10.2 Å². The van der Waals surface area contributed by atoms with Crippen LogP contribution in [-0.4, -0.2) is 42.0 Å². The molecule has 4 heterocycles. The molecule has 0 fully saturated rings. The molecule has 0 radical (unpaired) electrons. The summed E-state index contributed by atoms with van der Waals surface area (Å²) in [4.78, 5) is 12.4. The van der Waals surface area contributed by atoms with Crippen molar-refractivity contribution < 1.29 is 17.6 Å². The minimum absolute atomic E-state index is 0.174. The van der Waals surface area contributed by atoms with Crippen LogP contribution in [0, 0.1) is 12.8 Å².